The van der Waals surface area contributed by atoms with Crippen molar-refractivity contribution < 1.29 is 24.8 Å². The van der Waals surface area contributed by atoms with Crippen LogP contribution < -0.4 is 4.74 Å². The summed E-state index contributed by atoms with van der Waals surface area (Å²) in [7, 11) is 1.38. The number of hydrogen-bond acceptors (Lipinski definition) is 9. The van der Waals surface area contributed by atoms with Crippen molar-refractivity contribution in [2.75, 3.05) is 13.7 Å². The standard InChI is InChI=1S/C12H15N7O5/c1-12(22)8(21)5(3-20)24-11(12)19-4-14-6-7(19)9(16-18-13)15-17-10(6)23-2/h4-5,8,11,20-22H,3H2,1-2H3/t5-,8-,11-,12-/m1/s1. The van der Waals surface area contributed by atoms with E-state index in [2.05, 4.69) is 25.2 Å². The molecule has 0 bridgehead atoms. The molecule has 0 spiro atoms. The largest absolute Gasteiger partial charge is 0.478 e. The number of methoxy groups -OCH3 is 1. The molecule has 3 heterocycles. The van der Waals surface area contributed by atoms with Crippen molar-refractivity contribution in [3.05, 3.63) is 16.8 Å². The zero-order valence-corrected chi connectivity index (χ0v) is 12.8. The van der Waals surface area contributed by atoms with Crippen LogP contribution in [0.2, 0.25) is 0 Å². The van der Waals surface area contributed by atoms with Crippen molar-refractivity contribution in [2.24, 2.45) is 5.11 Å². The van der Waals surface area contributed by atoms with Crippen LogP contribution in [0, 0.1) is 0 Å². The minimum absolute atomic E-state index is 0.0906. The summed E-state index contributed by atoms with van der Waals surface area (Å²) in [5.41, 5.74) is 7.43. The van der Waals surface area contributed by atoms with Gasteiger partial charge in [-0.3, -0.25) is 4.57 Å². The number of aliphatic hydroxyl groups is 3. The van der Waals surface area contributed by atoms with E-state index >= 15 is 0 Å². The van der Waals surface area contributed by atoms with Gasteiger partial charge in [0.2, 0.25) is 0 Å². The average molecular weight is 337 g/mol. The Kier molecular flexibility index (Phi) is 3.99. The van der Waals surface area contributed by atoms with Crippen LogP contribution in [-0.2, 0) is 4.74 Å². The van der Waals surface area contributed by atoms with Crippen molar-refractivity contribution >= 4 is 16.9 Å². The van der Waals surface area contributed by atoms with E-state index in [4.69, 9.17) is 15.0 Å². The van der Waals surface area contributed by atoms with Gasteiger partial charge in [-0.2, -0.15) is 0 Å². The van der Waals surface area contributed by atoms with E-state index in [9.17, 15) is 15.3 Å². The SMILES string of the molecule is COc1nnc(N=[N+]=[N-])c2c1ncn2[C@@H]1O[C@H](CO)[C@@H](O)[C@@]1(C)O. The van der Waals surface area contributed by atoms with E-state index in [-0.39, 0.29) is 22.7 Å². The number of rotatable bonds is 4. The lowest BCUT2D eigenvalue weighted by molar-refractivity contribution is -0.0948. The van der Waals surface area contributed by atoms with Crippen LogP contribution in [0.25, 0.3) is 21.5 Å². The Bertz CT molecular complexity index is 815. The van der Waals surface area contributed by atoms with Gasteiger partial charge in [0.1, 0.15) is 23.3 Å². The molecule has 0 saturated carbocycles. The first-order valence-electron chi connectivity index (χ1n) is 6.94. The maximum Gasteiger partial charge on any atom is 0.261 e. The Morgan fingerprint density at radius 1 is 1.54 bits per heavy atom. The highest BCUT2D eigenvalue weighted by molar-refractivity contribution is 5.88. The second-order valence-electron chi connectivity index (χ2n) is 5.45. The Hall–Kier alpha value is -2.50. The van der Waals surface area contributed by atoms with E-state index in [1.54, 1.807) is 0 Å². The summed E-state index contributed by atoms with van der Waals surface area (Å²) >= 11 is 0. The Balaban J connectivity index is 2.22. The van der Waals surface area contributed by atoms with Crippen LogP contribution in [0.1, 0.15) is 13.2 Å². The third kappa shape index (κ3) is 2.25. The summed E-state index contributed by atoms with van der Waals surface area (Å²) in [6, 6.07) is 0. The van der Waals surface area contributed by atoms with Gasteiger partial charge in [-0.25, -0.2) is 4.98 Å². The molecular formula is C12H15N7O5. The fourth-order valence-electron chi connectivity index (χ4n) is 2.74. The van der Waals surface area contributed by atoms with Gasteiger partial charge in [0.25, 0.3) is 5.88 Å². The number of fused-ring (bicyclic) bond motifs is 1. The van der Waals surface area contributed by atoms with Gasteiger partial charge >= 0.3 is 0 Å². The molecule has 0 amide bonds. The lowest BCUT2D eigenvalue weighted by Crippen LogP contribution is -2.44. The molecule has 24 heavy (non-hydrogen) atoms. The summed E-state index contributed by atoms with van der Waals surface area (Å²) in [6.07, 6.45) is -2.10. The van der Waals surface area contributed by atoms with Gasteiger partial charge < -0.3 is 24.8 Å². The van der Waals surface area contributed by atoms with Crippen molar-refractivity contribution in [3.8, 4) is 5.88 Å². The van der Waals surface area contributed by atoms with Gasteiger partial charge in [-0.05, 0) is 17.6 Å². The van der Waals surface area contributed by atoms with Crippen LogP contribution in [0.3, 0.4) is 0 Å². The van der Waals surface area contributed by atoms with E-state index < -0.39 is 30.6 Å². The minimum Gasteiger partial charge on any atom is -0.478 e. The van der Waals surface area contributed by atoms with Crippen LogP contribution in [0.15, 0.2) is 11.4 Å². The van der Waals surface area contributed by atoms with E-state index in [1.165, 1.54) is 24.9 Å². The van der Waals surface area contributed by atoms with Crippen molar-refractivity contribution in [2.45, 2.75) is 31.0 Å². The second kappa shape index (κ2) is 5.85. The van der Waals surface area contributed by atoms with E-state index in [0.717, 1.165) is 0 Å². The maximum atomic E-state index is 10.6. The van der Waals surface area contributed by atoms with Crippen LogP contribution >= 0.6 is 0 Å². The minimum atomic E-state index is -1.73. The van der Waals surface area contributed by atoms with Gasteiger partial charge in [-0.15, -0.1) is 10.2 Å². The molecule has 2 aromatic heterocycles. The Labute approximate surface area is 134 Å². The first kappa shape index (κ1) is 16.4. The first-order valence-corrected chi connectivity index (χ1v) is 6.94. The van der Waals surface area contributed by atoms with Crippen LogP contribution in [-0.4, -0.2) is 66.6 Å². The highest BCUT2D eigenvalue weighted by Crippen LogP contribution is 2.41. The quantitative estimate of drug-likeness (QED) is 0.390. The molecular weight excluding hydrogens is 322 g/mol. The highest BCUT2D eigenvalue weighted by atomic mass is 16.6. The highest BCUT2D eigenvalue weighted by Gasteiger charge is 2.53. The molecule has 1 aliphatic heterocycles. The third-order valence-electron chi connectivity index (χ3n) is 3.96. The number of aromatic nitrogens is 4. The number of azide groups is 1. The molecule has 0 radical (unpaired) electrons. The predicted molar refractivity (Wildman–Crippen MR) is 78.3 cm³/mol. The molecule has 12 nitrogen and oxygen atoms in total. The van der Waals surface area contributed by atoms with E-state index in [0.29, 0.717) is 0 Å². The topological polar surface area (TPSA) is 172 Å². The van der Waals surface area contributed by atoms with Crippen molar-refractivity contribution in [1.82, 2.24) is 19.7 Å². The summed E-state index contributed by atoms with van der Waals surface area (Å²) in [6.45, 7) is 0.885. The first-order chi connectivity index (χ1) is 11.5. The fourth-order valence-corrected chi connectivity index (χ4v) is 2.74. The number of nitrogens with zero attached hydrogens (tertiary/aromatic N) is 7. The summed E-state index contributed by atoms with van der Waals surface area (Å²) in [5, 5.41) is 41.0. The van der Waals surface area contributed by atoms with Crippen molar-refractivity contribution in [3.63, 3.8) is 0 Å². The molecule has 1 aliphatic rings. The van der Waals surface area contributed by atoms with Gasteiger partial charge in [0, 0.05) is 4.91 Å². The molecule has 0 aliphatic carbocycles. The zero-order chi connectivity index (χ0) is 17.5. The van der Waals surface area contributed by atoms with Crippen LogP contribution in [0.4, 0.5) is 5.82 Å². The molecule has 0 unspecified atom stereocenters. The molecule has 1 fully saturated rings. The molecule has 128 valence electrons. The van der Waals surface area contributed by atoms with E-state index in [1.807, 2.05) is 0 Å². The Morgan fingerprint density at radius 3 is 2.88 bits per heavy atom. The summed E-state index contributed by atoms with van der Waals surface area (Å²) in [5.74, 6) is 0.00433. The molecule has 2 aromatic rings. The third-order valence-corrected chi connectivity index (χ3v) is 3.96. The molecule has 0 aromatic carbocycles. The summed E-state index contributed by atoms with van der Waals surface area (Å²) in [4.78, 5) is 6.82. The number of aliphatic hydroxyl groups excluding tert-OH is 2. The van der Waals surface area contributed by atoms with Crippen molar-refractivity contribution in [1.29, 1.82) is 0 Å². The average Bonchev–Trinajstić information content (AvgIpc) is 3.09. The van der Waals surface area contributed by atoms with Gasteiger partial charge in [-0.1, -0.05) is 0 Å². The fraction of sp³-hybridized carbons (Fsp3) is 0.583. The molecule has 12 heteroatoms. The number of ether oxygens (including phenoxy) is 2. The Morgan fingerprint density at radius 2 is 2.29 bits per heavy atom. The normalized spacial score (nSPS) is 29.6. The zero-order valence-electron chi connectivity index (χ0n) is 12.8. The smallest absolute Gasteiger partial charge is 0.261 e. The van der Waals surface area contributed by atoms with Gasteiger partial charge in [0.05, 0.1) is 20.0 Å². The van der Waals surface area contributed by atoms with Crippen LogP contribution in [0.5, 0.6) is 5.88 Å². The lowest BCUT2D eigenvalue weighted by atomic mass is 9.96. The molecule has 3 N–H and O–H groups in total. The second-order valence-corrected chi connectivity index (χ2v) is 5.45. The monoisotopic (exact) mass is 337 g/mol. The number of imidazole rings is 1. The number of hydrogen-bond donors (Lipinski definition) is 3. The summed E-state index contributed by atoms with van der Waals surface area (Å²) < 4.78 is 12.0. The van der Waals surface area contributed by atoms with Gasteiger partial charge in [0.15, 0.2) is 17.6 Å². The maximum absolute atomic E-state index is 10.6. The molecule has 1 saturated heterocycles. The molecule has 4 atom stereocenters. The lowest BCUT2D eigenvalue weighted by Gasteiger charge is -2.27. The molecule has 3 rings (SSSR count). The predicted octanol–water partition coefficient (Wildman–Crippen LogP) is -0.222.